The first-order valence-corrected chi connectivity index (χ1v) is 19.3. The number of hydrogen-bond acceptors (Lipinski definition) is 9. The fourth-order valence-electron chi connectivity index (χ4n) is 8.67. The van der Waals surface area contributed by atoms with E-state index in [1.54, 1.807) is 19.2 Å². The van der Waals surface area contributed by atoms with Crippen molar-refractivity contribution in [2.24, 2.45) is 11.7 Å². The second-order valence-electron chi connectivity index (χ2n) is 15.1. The van der Waals surface area contributed by atoms with Gasteiger partial charge in [-0.05, 0) is 91.7 Å². The zero-order valence-electron chi connectivity index (χ0n) is 31.0. The quantitative estimate of drug-likeness (QED) is 0.219. The van der Waals surface area contributed by atoms with Crippen molar-refractivity contribution in [2.45, 2.75) is 51.2 Å². The molecule has 4 aromatic rings. The summed E-state index contributed by atoms with van der Waals surface area (Å²) in [6.45, 7) is 9.54. The zero-order valence-corrected chi connectivity index (χ0v) is 31.0. The number of anilines is 1. The van der Waals surface area contributed by atoms with E-state index in [1.165, 1.54) is 27.6 Å². The molecule has 0 saturated carbocycles. The zero-order chi connectivity index (χ0) is 37.3. The van der Waals surface area contributed by atoms with Crippen LogP contribution in [0.5, 0.6) is 5.75 Å². The summed E-state index contributed by atoms with van der Waals surface area (Å²) in [5.41, 5.74) is 12.4. The number of benzene rings is 3. The number of fused-ring (bicyclic) bond motifs is 2. The first-order chi connectivity index (χ1) is 26.3. The fourth-order valence-corrected chi connectivity index (χ4v) is 8.67. The van der Waals surface area contributed by atoms with Crippen molar-refractivity contribution < 1.29 is 23.9 Å². The van der Waals surface area contributed by atoms with E-state index in [0.29, 0.717) is 23.6 Å². The third-order valence-electron chi connectivity index (χ3n) is 11.7. The van der Waals surface area contributed by atoms with Gasteiger partial charge in [-0.1, -0.05) is 18.2 Å². The average Bonchev–Trinajstić information content (AvgIpc) is 3.67. The molecule has 4 aliphatic heterocycles. The molecule has 54 heavy (non-hydrogen) atoms. The van der Waals surface area contributed by atoms with Crippen LogP contribution in [0.2, 0.25) is 0 Å². The third kappa shape index (κ3) is 7.13. The van der Waals surface area contributed by atoms with Crippen LogP contribution < -0.4 is 20.7 Å². The number of nitrogens with one attached hydrogen (secondary N) is 1. The summed E-state index contributed by atoms with van der Waals surface area (Å²) in [5, 5.41) is 3.53. The summed E-state index contributed by atoms with van der Waals surface area (Å²) < 4.78 is 7.74. The molecule has 3 saturated heterocycles. The predicted octanol–water partition coefficient (Wildman–Crippen LogP) is 4.10. The van der Waals surface area contributed by atoms with E-state index < -0.39 is 23.8 Å². The molecule has 5 heterocycles. The number of carbonyl (C=O) groups is 4. The van der Waals surface area contributed by atoms with Gasteiger partial charge in [-0.15, -0.1) is 0 Å². The number of methoxy groups -OCH3 is 1. The fraction of sp³-hybridized carbons (Fsp3) is 0.429. The first-order valence-electron chi connectivity index (χ1n) is 19.3. The van der Waals surface area contributed by atoms with E-state index in [1.807, 2.05) is 18.2 Å². The Morgan fingerprint density at radius 2 is 1.54 bits per heavy atom. The molecule has 0 aliphatic carbocycles. The summed E-state index contributed by atoms with van der Waals surface area (Å²) >= 11 is 0. The Balaban J connectivity index is 0.842. The van der Waals surface area contributed by atoms with Crippen molar-refractivity contribution in [1.82, 2.24) is 24.6 Å². The van der Waals surface area contributed by atoms with Gasteiger partial charge in [0.1, 0.15) is 11.8 Å². The molecule has 1 aromatic heterocycles. The van der Waals surface area contributed by atoms with E-state index >= 15 is 0 Å². The van der Waals surface area contributed by atoms with Gasteiger partial charge in [-0.3, -0.25) is 34.3 Å². The minimum absolute atomic E-state index is 0.107. The van der Waals surface area contributed by atoms with Gasteiger partial charge in [0.25, 0.3) is 11.8 Å². The van der Waals surface area contributed by atoms with Gasteiger partial charge in [-0.25, -0.2) is 0 Å². The molecule has 0 bridgehead atoms. The van der Waals surface area contributed by atoms with Gasteiger partial charge < -0.3 is 24.8 Å². The lowest BCUT2D eigenvalue weighted by Gasteiger charge is -2.39. The maximum absolute atomic E-state index is 13.3. The number of amides is 4. The van der Waals surface area contributed by atoms with Crippen molar-refractivity contribution in [3.8, 4) is 16.9 Å². The number of aryl methyl sites for hydroxylation is 1. The molecule has 0 spiro atoms. The Morgan fingerprint density at radius 1 is 0.796 bits per heavy atom. The summed E-state index contributed by atoms with van der Waals surface area (Å²) in [6, 6.07) is 19.7. The molecule has 12 heteroatoms. The van der Waals surface area contributed by atoms with Crippen molar-refractivity contribution >= 4 is 40.2 Å². The number of piperidine rings is 2. The Morgan fingerprint density at radius 3 is 2.26 bits per heavy atom. The lowest BCUT2D eigenvalue weighted by Crippen LogP contribution is -2.54. The number of nitrogens with zero attached hydrogens (tertiary/aromatic N) is 5. The topological polar surface area (TPSA) is 133 Å². The monoisotopic (exact) mass is 731 g/mol. The highest BCUT2D eigenvalue weighted by Crippen LogP contribution is 2.34. The van der Waals surface area contributed by atoms with Crippen molar-refractivity contribution in [3.05, 3.63) is 83.6 Å². The van der Waals surface area contributed by atoms with E-state index in [9.17, 15) is 19.2 Å². The Labute approximate surface area is 315 Å². The average molecular weight is 732 g/mol. The molecule has 3 N–H and O–H groups in total. The van der Waals surface area contributed by atoms with Crippen LogP contribution >= 0.6 is 0 Å². The Hall–Kier alpha value is -5.04. The Bertz CT molecular complexity index is 2060. The molecule has 4 amide bonds. The molecule has 3 fully saturated rings. The molecule has 4 aliphatic rings. The van der Waals surface area contributed by atoms with E-state index in [2.05, 4.69) is 61.1 Å². The number of imide groups is 2. The van der Waals surface area contributed by atoms with Crippen molar-refractivity contribution in [1.29, 1.82) is 0 Å². The largest absolute Gasteiger partial charge is 0.497 e. The predicted molar refractivity (Wildman–Crippen MR) is 207 cm³/mol. The van der Waals surface area contributed by atoms with Crippen molar-refractivity contribution in [3.63, 3.8) is 0 Å². The lowest BCUT2D eigenvalue weighted by molar-refractivity contribution is -0.136. The van der Waals surface area contributed by atoms with Crippen LogP contribution in [0.25, 0.3) is 22.0 Å². The van der Waals surface area contributed by atoms with E-state index in [0.717, 1.165) is 94.5 Å². The number of aromatic nitrogens is 1. The van der Waals surface area contributed by atoms with Crippen LogP contribution in [-0.4, -0.2) is 108 Å². The number of piperazine rings is 1. The molecule has 8 rings (SSSR count). The molecule has 3 aromatic carbocycles. The minimum atomic E-state index is -0.954. The van der Waals surface area contributed by atoms with Crippen LogP contribution in [0.15, 0.2) is 66.9 Å². The van der Waals surface area contributed by atoms with E-state index in [-0.39, 0.29) is 18.7 Å². The highest BCUT2D eigenvalue weighted by molar-refractivity contribution is 6.23. The normalized spacial score (nSPS) is 20.2. The first kappa shape index (κ1) is 36.0. The summed E-state index contributed by atoms with van der Waals surface area (Å²) in [6.07, 6.45) is 5.59. The maximum Gasteiger partial charge on any atom is 0.262 e. The Kier molecular flexibility index (Phi) is 10.2. The van der Waals surface area contributed by atoms with Gasteiger partial charge in [-0.2, -0.15) is 0 Å². The van der Waals surface area contributed by atoms with Crippen molar-refractivity contribution in [2.75, 3.05) is 64.4 Å². The highest BCUT2D eigenvalue weighted by atomic mass is 16.5. The number of nitrogens with two attached hydrogens (primary N) is 1. The summed E-state index contributed by atoms with van der Waals surface area (Å²) in [4.78, 5) is 59.0. The second kappa shape index (κ2) is 15.4. The van der Waals surface area contributed by atoms with Crippen LogP contribution in [0, 0.1) is 5.92 Å². The molecule has 0 radical (unpaired) electrons. The van der Waals surface area contributed by atoms with Gasteiger partial charge >= 0.3 is 0 Å². The lowest BCUT2D eigenvalue weighted by atomic mass is 9.95. The summed E-state index contributed by atoms with van der Waals surface area (Å²) in [5.74, 6) is -0.439. The van der Waals surface area contributed by atoms with Gasteiger partial charge in [0, 0.05) is 93.7 Å². The van der Waals surface area contributed by atoms with Gasteiger partial charge in [0.15, 0.2) is 0 Å². The third-order valence-corrected chi connectivity index (χ3v) is 11.7. The van der Waals surface area contributed by atoms with E-state index in [4.69, 9.17) is 10.5 Å². The smallest absolute Gasteiger partial charge is 0.262 e. The van der Waals surface area contributed by atoms with Gasteiger partial charge in [0.05, 0.1) is 18.2 Å². The summed E-state index contributed by atoms with van der Waals surface area (Å²) in [7, 11) is 1.70. The van der Waals surface area contributed by atoms with Crippen LogP contribution in [0.1, 0.15) is 58.4 Å². The minimum Gasteiger partial charge on any atom is -0.497 e. The highest BCUT2D eigenvalue weighted by Gasteiger charge is 2.45. The SMILES string of the molecule is COc1ccc(-c2cn(CCCN)c3ccc(CN4CCN(CC5CCN(c6ccc7c(c6)C(=O)N(C6CCC(=O)NC6=O)C7=O)CC5)CC4)cc23)cc1. The molecule has 1 unspecified atom stereocenters. The standard InChI is InChI=1S/C42H49N7O5/c1-54-32-7-4-30(5-8-32)36-27-48(16-2-15-43)37-10-3-29(23-34(36)37)26-46-21-19-45(20-22-46)25-28-13-17-47(18-14-28)31-6-9-33-35(24-31)42(53)49(41(33)52)38-11-12-39(50)44-40(38)51/h3-10,23-24,27-28,38H,2,11-22,25-26,43H2,1H3,(H,44,50,51). The second-order valence-corrected chi connectivity index (χ2v) is 15.1. The van der Waals surface area contributed by atoms with Crippen LogP contribution in [0.4, 0.5) is 5.69 Å². The number of carbonyl (C=O) groups excluding carboxylic acids is 4. The molecule has 12 nitrogen and oxygen atoms in total. The maximum atomic E-state index is 13.3. The van der Waals surface area contributed by atoms with Crippen LogP contribution in [0.3, 0.4) is 0 Å². The van der Waals surface area contributed by atoms with Gasteiger partial charge in [0.2, 0.25) is 11.8 Å². The number of rotatable bonds is 11. The molecular weight excluding hydrogens is 683 g/mol. The molecule has 1 atom stereocenters. The molecular formula is C42H49N7O5. The number of ether oxygens (including phenoxy) is 1. The number of hydrogen-bond donors (Lipinski definition) is 2. The van der Waals surface area contributed by atoms with Crippen LogP contribution in [-0.2, 0) is 22.7 Å². The molecule has 282 valence electrons.